The van der Waals surface area contributed by atoms with Crippen molar-refractivity contribution in [1.82, 2.24) is 0 Å². The Balaban J connectivity index is 2.97. The Morgan fingerprint density at radius 2 is 2.00 bits per heavy atom. The summed E-state index contributed by atoms with van der Waals surface area (Å²) in [6.45, 7) is 1.70. The van der Waals surface area contributed by atoms with Crippen molar-refractivity contribution in [3.63, 3.8) is 0 Å². The van der Waals surface area contributed by atoms with Crippen molar-refractivity contribution >= 4 is 11.9 Å². The van der Waals surface area contributed by atoms with Gasteiger partial charge in [0.1, 0.15) is 5.75 Å². The Bertz CT molecular complexity index is 441. The van der Waals surface area contributed by atoms with Crippen molar-refractivity contribution in [3.8, 4) is 5.75 Å². The second-order valence-corrected chi connectivity index (χ2v) is 4.11. The molecule has 0 amide bonds. The molecule has 0 aliphatic heterocycles. The zero-order valence-electron chi connectivity index (χ0n) is 10.3. The fourth-order valence-electron chi connectivity index (χ4n) is 1.82. The van der Waals surface area contributed by atoms with Gasteiger partial charge in [-0.1, -0.05) is 19.1 Å². The van der Waals surface area contributed by atoms with Crippen LogP contribution in [0.5, 0.6) is 5.75 Å². The molecular weight excluding hydrogens is 236 g/mol. The molecule has 0 spiro atoms. The second kappa shape index (κ2) is 6.05. The predicted octanol–water partition coefficient (Wildman–Crippen LogP) is 1.97. The first-order chi connectivity index (χ1) is 8.45. The number of rotatable bonds is 6. The first kappa shape index (κ1) is 14.0. The number of carboxylic acid groups (broad SMARTS) is 2. The first-order valence-corrected chi connectivity index (χ1v) is 5.54. The number of benzene rings is 1. The van der Waals surface area contributed by atoms with Crippen molar-refractivity contribution in [2.24, 2.45) is 5.92 Å². The molecule has 0 radical (unpaired) electrons. The monoisotopic (exact) mass is 252 g/mol. The van der Waals surface area contributed by atoms with Gasteiger partial charge in [-0.2, -0.15) is 0 Å². The Kier molecular flexibility index (Phi) is 4.71. The van der Waals surface area contributed by atoms with Crippen LogP contribution >= 0.6 is 0 Å². The van der Waals surface area contributed by atoms with Gasteiger partial charge in [0.2, 0.25) is 0 Å². The van der Waals surface area contributed by atoms with E-state index in [2.05, 4.69) is 0 Å². The fraction of sp³-hybridized carbons (Fsp3) is 0.385. The summed E-state index contributed by atoms with van der Waals surface area (Å²) in [5.41, 5.74) is 0.753. The van der Waals surface area contributed by atoms with E-state index in [9.17, 15) is 9.59 Å². The van der Waals surface area contributed by atoms with E-state index in [-0.39, 0.29) is 0 Å². The molecule has 0 aliphatic carbocycles. The fourth-order valence-corrected chi connectivity index (χ4v) is 1.82. The zero-order valence-corrected chi connectivity index (χ0v) is 10.3. The molecule has 1 aromatic rings. The molecule has 0 saturated heterocycles. The molecule has 0 aromatic heterocycles. The Morgan fingerprint density at radius 1 is 1.33 bits per heavy atom. The molecular formula is C13H16O5. The number of carbonyl (C=O) groups is 2. The van der Waals surface area contributed by atoms with Gasteiger partial charge in [-0.3, -0.25) is 9.59 Å². The molecule has 98 valence electrons. The third-order valence-corrected chi connectivity index (χ3v) is 2.93. The molecule has 0 bridgehead atoms. The maximum atomic E-state index is 11.1. The zero-order chi connectivity index (χ0) is 13.7. The summed E-state index contributed by atoms with van der Waals surface area (Å²) in [6, 6.07) is 7.00. The van der Waals surface area contributed by atoms with Gasteiger partial charge >= 0.3 is 11.9 Å². The number of ether oxygens (including phenoxy) is 1. The first-order valence-electron chi connectivity index (χ1n) is 5.54. The highest BCUT2D eigenvalue weighted by molar-refractivity contribution is 5.78. The third kappa shape index (κ3) is 3.48. The molecule has 1 rings (SSSR count). The largest absolute Gasteiger partial charge is 0.497 e. The summed E-state index contributed by atoms with van der Waals surface area (Å²) in [7, 11) is 1.52. The molecule has 0 unspecified atom stereocenters. The lowest BCUT2D eigenvalue weighted by Crippen LogP contribution is -2.23. The standard InChI is InChI=1S/C13H16O5/c1-8(11(13(16)17)7-12(14)15)9-4-3-5-10(6-9)18-2/h3-6,8,11H,7H2,1-2H3,(H,14,15)(H,16,17)/t8-,11-/m0/s1. The number of methoxy groups -OCH3 is 1. The van der Waals surface area contributed by atoms with Crippen molar-refractivity contribution in [2.75, 3.05) is 7.11 Å². The van der Waals surface area contributed by atoms with Gasteiger partial charge in [-0.25, -0.2) is 0 Å². The molecule has 1 aromatic carbocycles. The number of hydrogen-bond donors (Lipinski definition) is 2. The van der Waals surface area contributed by atoms with Crippen LogP contribution in [0, 0.1) is 5.92 Å². The Morgan fingerprint density at radius 3 is 2.50 bits per heavy atom. The van der Waals surface area contributed by atoms with Crippen LogP contribution in [0.15, 0.2) is 24.3 Å². The summed E-state index contributed by atoms with van der Waals surface area (Å²) in [6.07, 6.45) is -0.395. The maximum absolute atomic E-state index is 11.1. The van der Waals surface area contributed by atoms with E-state index in [1.54, 1.807) is 31.2 Å². The topological polar surface area (TPSA) is 83.8 Å². The smallest absolute Gasteiger partial charge is 0.307 e. The van der Waals surface area contributed by atoms with Gasteiger partial charge in [-0.05, 0) is 23.6 Å². The molecule has 0 aliphatic rings. The van der Waals surface area contributed by atoms with Crippen LogP contribution in [-0.2, 0) is 9.59 Å². The summed E-state index contributed by atoms with van der Waals surface area (Å²) in [5, 5.41) is 17.8. The summed E-state index contributed by atoms with van der Waals surface area (Å²) in [4.78, 5) is 21.8. The van der Waals surface area contributed by atoms with Gasteiger partial charge < -0.3 is 14.9 Å². The van der Waals surface area contributed by atoms with Crippen LogP contribution in [0.4, 0.5) is 0 Å². The lowest BCUT2D eigenvalue weighted by molar-refractivity contribution is -0.149. The van der Waals surface area contributed by atoms with Crippen LogP contribution in [0.2, 0.25) is 0 Å². The average Bonchev–Trinajstić information content (AvgIpc) is 2.34. The molecule has 0 heterocycles. The third-order valence-electron chi connectivity index (χ3n) is 2.93. The minimum absolute atomic E-state index is 0.395. The highest BCUT2D eigenvalue weighted by Crippen LogP contribution is 2.29. The van der Waals surface area contributed by atoms with Crippen LogP contribution in [0.1, 0.15) is 24.8 Å². The van der Waals surface area contributed by atoms with Crippen LogP contribution in [-0.4, -0.2) is 29.3 Å². The lowest BCUT2D eigenvalue weighted by atomic mass is 9.85. The summed E-state index contributed by atoms with van der Waals surface area (Å²) in [5.74, 6) is -2.94. The van der Waals surface area contributed by atoms with E-state index in [0.29, 0.717) is 5.75 Å². The average molecular weight is 252 g/mol. The van der Waals surface area contributed by atoms with E-state index in [4.69, 9.17) is 14.9 Å². The minimum Gasteiger partial charge on any atom is -0.497 e. The van der Waals surface area contributed by atoms with Crippen molar-refractivity contribution in [1.29, 1.82) is 0 Å². The SMILES string of the molecule is COc1cccc([C@H](C)[C@H](CC(=O)O)C(=O)O)c1. The predicted molar refractivity (Wildman–Crippen MR) is 64.8 cm³/mol. The van der Waals surface area contributed by atoms with Crippen LogP contribution in [0.3, 0.4) is 0 Å². The quantitative estimate of drug-likeness (QED) is 0.808. The van der Waals surface area contributed by atoms with Crippen molar-refractivity contribution < 1.29 is 24.5 Å². The highest BCUT2D eigenvalue weighted by Gasteiger charge is 2.28. The van der Waals surface area contributed by atoms with E-state index in [0.717, 1.165) is 5.56 Å². The Labute approximate surface area is 105 Å². The molecule has 0 saturated carbocycles. The maximum Gasteiger partial charge on any atom is 0.307 e. The van der Waals surface area contributed by atoms with Crippen molar-refractivity contribution in [3.05, 3.63) is 29.8 Å². The van der Waals surface area contributed by atoms with Crippen LogP contribution in [0.25, 0.3) is 0 Å². The van der Waals surface area contributed by atoms with Gasteiger partial charge in [0.25, 0.3) is 0 Å². The van der Waals surface area contributed by atoms with Gasteiger partial charge in [-0.15, -0.1) is 0 Å². The number of carboxylic acids is 2. The molecule has 5 heteroatoms. The van der Waals surface area contributed by atoms with E-state index < -0.39 is 30.2 Å². The minimum atomic E-state index is -1.11. The molecule has 18 heavy (non-hydrogen) atoms. The molecule has 2 atom stereocenters. The molecule has 0 fully saturated rings. The second-order valence-electron chi connectivity index (χ2n) is 4.11. The number of hydrogen-bond acceptors (Lipinski definition) is 3. The summed E-state index contributed by atoms with van der Waals surface area (Å²) >= 11 is 0. The van der Waals surface area contributed by atoms with Crippen molar-refractivity contribution in [2.45, 2.75) is 19.3 Å². The van der Waals surface area contributed by atoms with Gasteiger partial charge in [0.15, 0.2) is 0 Å². The molecule has 5 nitrogen and oxygen atoms in total. The Hall–Kier alpha value is -2.04. The summed E-state index contributed by atoms with van der Waals surface area (Å²) < 4.78 is 5.06. The van der Waals surface area contributed by atoms with Gasteiger partial charge in [0.05, 0.1) is 19.4 Å². The van der Waals surface area contributed by atoms with E-state index in [1.807, 2.05) is 0 Å². The van der Waals surface area contributed by atoms with E-state index in [1.165, 1.54) is 7.11 Å². The van der Waals surface area contributed by atoms with Crippen LogP contribution < -0.4 is 4.74 Å². The normalized spacial score (nSPS) is 13.7. The highest BCUT2D eigenvalue weighted by atomic mass is 16.5. The number of aliphatic carboxylic acids is 2. The lowest BCUT2D eigenvalue weighted by Gasteiger charge is -2.19. The molecule has 2 N–H and O–H groups in total. The van der Waals surface area contributed by atoms with E-state index >= 15 is 0 Å². The van der Waals surface area contributed by atoms with Gasteiger partial charge in [0, 0.05) is 0 Å².